The van der Waals surface area contributed by atoms with E-state index in [0.717, 1.165) is 5.82 Å². The summed E-state index contributed by atoms with van der Waals surface area (Å²) in [6.45, 7) is 1.22. The zero-order valence-corrected chi connectivity index (χ0v) is 10.3. The lowest BCUT2D eigenvalue weighted by molar-refractivity contribution is 0.0658. The van der Waals surface area contributed by atoms with Crippen LogP contribution < -0.4 is 0 Å². The topological polar surface area (TPSA) is 71.5 Å². The van der Waals surface area contributed by atoms with Crippen molar-refractivity contribution in [2.24, 2.45) is 7.05 Å². The van der Waals surface area contributed by atoms with Crippen molar-refractivity contribution in [1.82, 2.24) is 14.5 Å². The molecule has 0 radical (unpaired) electrons. The number of hydrogen-bond donors (Lipinski definition) is 1. The van der Waals surface area contributed by atoms with Crippen molar-refractivity contribution in [3.05, 3.63) is 41.9 Å². The molecular weight excluding hydrogens is 234 g/mol. The summed E-state index contributed by atoms with van der Waals surface area (Å²) in [5.74, 6) is 0.495. The van der Waals surface area contributed by atoms with Gasteiger partial charge in [-0.1, -0.05) is 0 Å². The van der Waals surface area contributed by atoms with Crippen LogP contribution in [0.15, 0.2) is 28.9 Å². The average Bonchev–Trinajstić information content (AvgIpc) is 2.89. The minimum absolute atomic E-state index is 0.0320. The van der Waals surface area contributed by atoms with Gasteiger partial charge in [-0.25, -0.2) is 9.78 Å². The first-order valence-electron chi connectivity index (χ1n) is 5.53. The van der Waals surface area contributed by atoms with Crippen molar-refractivity contribution in [1.29, 1.82) is 0 Å². The van der Waals surface area contributed by atoms with Crippen LogP contribution >= 0.6 is 0 Å². The summed E-state index contributed by atoms with van der Waals surface area (Å²) in [6.07, 6.45) is 3.64. The molecule has 6 heteroatoms. The predicted octanol–water partition coefficient (Wildman–Crippen LogP) is 1.34. The highest BCUT2D eigenvalue weighted by molar-refractivity contribution is 5.84. The third-order valence-corrected chi connectivity index (χ3v) is 2.63. The number of hydrogen-bond acceptors (Lipinski definition) is 4. The van der Waals surface area contributed by atoms with Crippen molar-refractivity contribution >= 4 is 5.97 Å². The molecule has 1 N–H and O–H groups in total. The van der Waals surface area contributed by atoms with Crippen molar-refractivity contribution in [3.8, 4) is 0 Å². The van der Waals surface area contributed by atoms with Gasteiger partial charge in [0.15, 0.2) is 0 Å². The molecule has 0 bridgehead atoms. The molecular formula is C12H15N3O3. The minimum atomic E-state index is -1.05. The molecule has 0 saturated heterocycles. The maximum Gasteiger partial charge on any atom is 0.371 e. The van der Waals surface area contributed by atoms with Gasteiger partial charge < -0.3 is 14.1 Å². The molecule has 0 saturated carbocycles. The number of nitrogens with zero attached hydrogens (tertiary/aromatic N) is 3. The Morgan fingerprint density at radius 2 is 2.28 bits per heavy atom. The zero-order valence-electron chi connectivity index (χ0n) is 10.3. The minimum Gasteiger partial charge on any atom is -0.475 e. The Labute approximate surface area is 104 Å². The van der Waals surface area contributed by atoms with Crippen molar-refractivity contribution in [2.45, 2.75) is 13.1 Å². The van der Waals surface area contributed by atoms with Gasteiger partial charge in [0, 0.05) is 19.4 Å². The molecule has 6 nitrogen and oxygen atoms in total. The van der Waals surface area contributed by atoms with Crippen molar-refractivity contribution < 1.29 is 14.3 Å². The summed E-state index contributed by atoms with van der Waals surface area (Å²) in [4.78, 5) is 16.9. The summed E-state index contributed by atoms with van der Waals surface area (Å²) in [5, 5.41) is 8.76. The van der Waals surface area contributed by atoms with Gasteiger partial charge in [0.05, 0.1) is 13.1 Å². The van der Waals surface area contributed by atoms with Crippen LogP contribution in [0, 0.1) is 0 Å². The van der Waals surface area contributed by atoms with E-state index < -0.39 is 5.97 Å². The Balaban J connectivity index is 1.96. The van der Waals surface area contributed by atoms with Gasteiger partial charge in [0.1, 0.15) is 11.6 Å². The number of carboxylic acid groups (broad SMARTS) is 1. The fourth-order valence-electron chi connectivity index (χ4n) is 1.69. The van der Waals surface area contributed by atoms with Crippen LogP contribution in [0.2, 0.25) is 0 Å². The van der Waals surface area contributed by atoms with Crippen LogP contribution in [-0.4, -0.2) is 32.6 Å². The molecule has 0 fully saturated rings. The maximum atomic E-state index is 10.7. The molecule has 0 unspecified atom stereocenters. The van der Waals surface area contributed by atoms with E-state index in [1.807, 2.05) is 29.8 Å². The predicted molar refractivity (Wildman–Crippen MR) is 64.0 cm³/mol. The second-order valence-corrected chi connectivity index (χ2v) is 4.20. The van der Waals surface area contributed by atoms with Crippen LogP contribution in [-0.2, 0) is 20.1 Å². The molecule has 96 valence electrons. The van der Waals surface area contributed by atoms with Gasteiger partial charge in [-0.05, 0) is 19.2 Å². The fraction of sp³-hybridized carbons (Fsp3) is 0.333. The van der Waals surface area contributed by atoms with Crippen molar-refractivity contribution in [2.75, 3.05) is 7.05 Å². The zero-order chi connectivity index (χ0) is 13.1. The summed E-state index contributed by atoms with van der Waals surface area (Å²) in [5.41, 5.74) is 0. The van der Waals surface area contributed by atoms with Gasteiger partial charge in [-0.3, -0.25) is 4.90 Å². The van der Waals surface area contributed by atoms with Gasteiger partial charge in [0.2, 0.25) is 5.76 Å². The Kier molecular flexibility index (Phi) is 3.47. The van der Waals surface area contributed by atoms with Crippen LogP contribution in [0.5, 0.6) is 0 Å². The number of rotatable bonds is 5. The van der Waals surface area contributed by atoms with E-state index in [2.05, 4.69) is 4.98 Å². The molecule has 0 atom stereocenters. The summed E-state index contributed by atoms with van der Waals surface area (Å²) in [6, 6.07) is 3.14. The lowest BCUT2D eigenvalue weighted by Gasteiger charge is -2.14. The van der Waals surface area contributed by atoms with Gasteiger partial charge in [-0.15, -0.1) is 0 Å². The standard InChI is InChI=1S/C12H15N3O3/c1-14(8-11-13-5-6-15(11)2)7-9-3-4-10(18-9)12(16)17/h3-6H,7-8H2,1-2H3,(H,16,17). The molecule has 0 aliphatic carbocycles. The summed E-state index contributed by atoms with van der Waals surface area (Å²) < 4.78 is 7.14. The fourth-order valence-corrected chi connectivity index (χ4v) is 1.69. The Morgan fingerprint density at radius 1 is 1.50 bits per heavy atom. The summed E-state index contributed by atoms with van der Waals surface area (Å²) in [7, 11) is 3.86. The number of carbonyl (C=O) groups is 1. The second-order valence-electron chi connectivity index (χ2n) is 4.20. The van der Waals surface area contributed by atoms with Crippen LogP contribution in [0.3, 0.4) is 0 Å². The molecule has 2 rings (SSSR count). The van der Waals surface area contributed by atoms with E-state index in [9.17, 15) is 4.79 Å². The molecule has 2 heterocycles. The molecule has 18 heavy (non-hydrogen) atoms. The third-order valence-electron chi connectivity index (χ3n) is 2.63. The molecule has 0 spiro atoms. The number of furan rings is 1. The Bertz CT molecular complexity index is 544. The quantitative estimate of drug-likeness (QED) is 0.865. The number of aromatic nitrogens is 2. The maximum absolute atomic E-state index is 10.7. The van der Waals surface area contributed by atoms with E-state index in [0.29, 0.717) is 18.8 Å². The Hall–Kier alpha value is -2.08. The number of imidazole rings is 1. The molecule has 0 aromatic carbocycles. The van der Waals surface area contributed by atoms with E-state index in [1.165, 1.54) is 6.07 Å². The smallest absolute Gasteiger partial charge is 0.371 e. The largest absolute Gasteiger partial charge is 0.475 e. The van der Waals surface area contributed by atoms with E-state index in [1.54, 1.807) is 12.3 Å². The summed E-state index contributed by atoms with van der Waals surface area (Å²) >= 11 is 0. The number of carboxylic acids is 1. The normalized spacial score (nSPS) is 11.1. The first kappa shape index (κ1) is 12.4. The molecule has 0 amide bonds. The highest BCUT2D eigenvalue weighted by Gasteiger charge is 2.11. The highest BCUT2D eigenvalue weighted by Crippen LogP contribution is 2.11. The Morgan fingerprint density at radius 3 is 2.83 bits per heavy atom. The SMILES string of the molecule is CN(Cc1ccc(C(=O)O)o1)Cc1nccn1C. The average molecular weight is 249 g/mol. The number of aryl methyl sites for hydroxylation is 1. The number of aromatic carboxylic acids is 1. The van der Waals surface area contributed by atoms with Crippen LogP contribution in [0.1, 0.15) is 22.1 Å². The van der Waals surface area contributed by atoms with E-state index in [-0.39, 0.29) is 5.76 Å². The third kappa shape index (κ3) is 2.78. The van der Waals surface area contributed by atoms with E-state index >= 15 is 0 Å². The van der Waals surface area contributed by atoms with Gasteiger partial charge in [0.25, 0.3) is 0 Å². The molecule has 0 aliphatic rings. The second kappa shape index (κ2) is 5.05. The molecule has 0 aliphatic heterocycles. The lowest BCUT2D eigenvalue weighted by Crippen LogP contribution is -2.19. The lowest BCUT2D eigenvalue weighted by atomic mass is 10.4. The van der Waals surface area contributed by atoms with E-state index in [4.69, 9.17) is 9.52 Å². The highest BCUT2D eigenvalue weighted by atomic mass is 16.4. The van der Waals surface area contributed by atoms with Crippen LogP contribution in [0.25, 0.3) is 0 Å². The first-order chi connectivity index (χ1) is 8.56. The monoisotopic (exact) mass is 249 g/mol. The van der Waals surface area contributed by atoms with Gasteiger partial charge in [-0.2, -0.15) is 0 Å². The van der Waals surface area contributed by atoms with Crippen molar-refractivity contribution in [3.63, 3.8) is 0 Å². The first-order valence-corrected chi connectivity index (χ1v) is 5.53. The molecule has 2 aromatic heterocycles. The van der Waals surface area contributed by atoms with Crippen LogP contribution in [0.4, 0.5) is 0 Å². The molecule has 2 aromatic rings. The van der Waals surface area contributed by atoms with Gasteiger partial charge >= 0.3 is 5.97 Å².